The lowest BCUT2D eigenvalue weighted by atomic mass is 10.1. The highest BCUT2D eigenvalue weighted by molar-refractivity contribution is 5.91. The first-order valence-corrected chi connectivity index (χ1v) is 7.46. The number of anilines is 1. The molecule has 0 bridgehead atoms. The minimum atomic E-state index is 0.0437. The Labute approximate surface area is 129 Å². The van der Waals surface area contributed by atoms with E-state index >= 15 is 0 Å². The molecule has 1 amide bonds. The van der Waals surface area contributed by atoms with Crippen LogP contribution in [0.5, 0.6) is 0 Å². The normalized spacial score (nSPS) is 11.0. The first-order valence-electron chi connectivity index (χ1n) is 7.46. The van der Waals surface area contributed by atoms with Gasteiger partial charge in [0.2, 0.25) is 5.91 Å². The van der Waals surface area contributed by atoms with Crippen LogP contribution < -0.4 is 5.32 Å². The number of hydrogen-bond donors (Lipinski definition) is 1. The molecule has 2 aromatic heterocycles. The summed E-state index contributed by atoms with van der Waals surface area (Å²) in [6.07, 6.45) is 4.49. The summed E-state index contributed by atoms with van der Waals surface area (Å²) in [5, 5.41) is 2.94. The third-order valence-corrected chi connectivity index (χ3v) is 3.40. The molecule has 0 aliphatic heterocycles. The molecule has 4 nitrogen and oxygen atoms in total. The number of amides is 1. The molecule has 3 rings (SSSR count). The number of rotatable bonds is 4. The van der Waals surface area contributed by atoms with Crippen LogP contribution in [-0.4, -0.2) is 15.3 Å². The molecule has 0 atom stereocenters. The number of aromatic nitrogens is 2. The van der Waals surface area contributed by atoms with Crippen molar-refractivity contribution in [2.75, 3.05) is 5.32 Å². The second-order valence-corrected chi connectivity index (χ2v) is 5.82. The highest BCUT2D eigenvalue weighted by Crippen LogP contribution is 2.22. The van der Waals surface area contributed by atoms with Gasteiger partial charge in [0.05, 0.1) is 5.69 Å². The van der Waals surface area contributed by atoms with Crippen LogP contribution in [0.2, 0.25) is 0 Å². The minimum absolute atomic E-state index is 0.0437. The van der Waals surface area contributed by atoms with Crippen LogP contribution in [0.4, 0.5) is 5.69 Å². The fraction of sp³-hybridized carbons (Fsp3) is 0.222. The van der Waals surface area contributed by atoms with Crippen LogP contribution in [0, 0.1) is 5.92 Å². The Morgan fingerprint density at radius 3 is 2.86 bits per heavy atom. The Morgan fingerprint density at radius 1 is 1.23 bits per heavy atom. The maximum Gasteiger partial charge on any atom is 0.224 e. The SMILES string of the molecule is CC(C)CC(=O)Nc1cccc(-c2cn3ccccc3n2)c1. The topological polar surface area (TPSA) is 46.4 Å². The van der Waals surface area contributed by atoms with E-state index in [1.54, 1.807) is 0 Å². The van der Waals surface area contributed by atoms with Crippen LogP contribution in [0.1, 0.15) is 20.3 Å². The quantitative estimate of drug-likeness (QED) is 0.790. The molecule has 22 heavy (non-hydrogen) atoms. The largest absolute Gasteiger partial charge is 0.326 e. The summed E-state index contributed by atoms with van der Waals surface area (Å²) in [4.78, 5) is 16.5. The number of carbonyl (C=O) groups is 1. The molecule has 0 saturated heterocycles. The van der Waals surface area contributed by atoms with E-state index in [0.717, 1.165) is 22.6 Å². The molecule has 0 aliphatic carbocycles. The molecule has 2 heterocycles. The van der Waals surface area contributed by atoms with Crippen LogP contribution in [0.3, 0.4) is 0 Å². The predicted octanol–water partition coefficient (Wildman–Crippen LogP) is 3.99. The van der Waals surface area contributed by atoms with Gasteiger partial charge in [-0.15, -0.1) is 0 Å². The van der Waals surface area contributed by atoms with E-state index in [2.05, 4.69) is 10.3 Å². The van der Waals surface area contributed by atoms with Crippen molar-refractivity contribution in [2.45, 2.75) is 20.3 Å². The average molecular weight is 293 g/mol. The smallest absolute Gasteiger partial charge is 0.224 e. The molecule has 112 valence electrons. The Morgan fingerprint density at radius 2 is 2.09 bits per heavy atom. The fourth-order valence-corrected chi connectivity index (χ4v) is 2.41. The molecule has 1 aromatic carbocycles. The highest BCUT2D eigenvalue weighted by Gasteiger charge is 2.08. The molecule has 0 aliphatic rings. The third kappa shape index (κ3) is 3.17. The zero-order chi connectivity index (χ0) is 15.5. The van der Waals surface area contributed by atoms with Gasteiger partial charge in [0.1, 0.15) is 5.65 Å². The zero-order valence-electron chi connectivity index (χ0n) is 12.8. The van der Waals surface area contributed by atoms with Crippen LogP contribution in [0.25, 0.3) is 16.9 Å². The van der Waals surface area contributed by atoms with Crippen LogP contribution >= 0.6 is 0 Å². The second-order valence-electron chi connectivity index (χ2n) is 5.82. The molecular formula is C18H19N3O. The summed E-state index contributed by atoms with van der Waals surface area (Å²) in [5.74, 6) is 0.392. The summed E-state index contributed by atoms with van der Waals surface area (Å²) in [6.45, 7) is 4.07. The highest BCUT2D eigenvalue weighted by atomic mass is 16.1. The standard InChI is InChI=1S/C18H19N3O/c1-13(2)10-18(22)19-15-7-5-6-14(11-15)16-12-21-9-4-3-8-17(21)20-16/h3-9,11-13H,10H2,1-2H3,(H,19,22). The molecule has 4 heteroatoms. The number of benzene rings is 1. The number of nitrogens with one attached hydrogen (secondary N) is 1. The van der Waals surface area contributed by atoms with Crippen molar-refractivity contribution in [3.63, 3.8) is 0 Å². The summed E-state index contributed by atoms with van der Waals surface area (Å²) in [6, 6.07) is 13.7. The minimum Gasteiger partial charge on any atom is -0.326 e. The molecule has 0 fully saturated rings. The van der Waals surface area contributed by atoms with E-state index in [1.807, 2.05) is 73.1 Å². The maximum absolute atomic E-state index is 11.9. The van der Waals surface area contributed by atoms with Crippen molar-refractivity contribution in [1.82, 2.24) is 9.38 Å². The first kappa shape index (κ1) is 14.3. The third-order valence-electron chi connectivity index (χ3n) is 3.40. The average Bonchev–Trinajstić information content (AvgIpc) is 2.90. The van der Waals surface area contributed by atoms with Gasteiger partial charge in [-0.2, -0.15) is 0 Å². The van der Waals surface area contributed by atoms with Gasteiger partial charge in [0, 0.05) is 30.1 Å². The Hall–Kier alpha value is -2.62. The lowest BCUT2D eigenvalue weighted by Gasteiger charge is -2.08. The molecule has 0 unspecified atom stereocenters. The Kier molecular flexibility index (Phi) is 3.92. The number of imidazole rings is 1. The van der Waals surface area contributed by atoms with E-state index in [-0.39, 0.29) is 5.91 Å². The van der Waals surface area contributed by atoms with E-state index in [0.29, 0.717) is 12.3 Å². The van der Waals surface area contributed by atoms with Gasteiger partial charge in [0.15, 0.2) is 0 Å². The molecule has 0 spiro atoms. The van der Waals surface area contributed by atoms with E-state index in [9.17, 15) is 4.79 Å². The van der Waals surface area contributed by atoms with E-state index < -0.39 is 0 Å². The number of carbonyl (C=O) groups excluding carboxylic acids is 1. The summed E-state index contributed by atoms with van der Waals surface area (Å²) in [5.41, 5.74) is 3.60. The maximum atomic E-state index is 11.9. The number of fused-ring (bicyclic) bond motifs is 1. The lowest BCUT2D eigenvalue weighted by molar-refractivity contribution is -0.116. The second kappa shape index (κ2) is 6.02. The summed E-state index contributed by atoms with van der Waals surface area (Å²) < 4.78 is 1.99. The van der Waals surface area contributed by atoms with Crippen molar-refractivity contribution < 1.29 is 4.79 Å². The van der Waals surface area contributed by atoms with Gasteiger partial charge in [-0.1, -0.05) is 32.0 Å². The Balaban J connectivity index is 1.85. The number of nitrogens with zero attached hydrogens (tertiary/aromatic N) is 2. The van der Waals surface area contributed by atoms with Gasteiger partial charge in [-0.25, -0.2) is 4.98 Å². The monoisotopic (exact) mass is 293 g/mol. The molecule has 1 N–H and O–H groups in total. The van der Waals surface area contributed by atoms with Crippen molar-refractivity contribution >= 4 is 17.2 Å². The van der Waals surface area contributed by atoms with Gasteiger partial charge < -0.3 is 9.72 Å². The van der Waals surface area contributed by atoms with Crippen molar-refractivity contribution in [2.24, 2.45) is 5.92 Å². The lowest BCUT2D eigenvalue weighted by Crippen LogP contribution is -2.13. The van der Waals surface area contributed by atoms with E-state index in [1.165, 1.54) is 0 Å². The fourth-order valence-electron chi connectivity index (χ4n) is 2.41. The van der Waals surface area contributed by atoms with Crippen molar-refractivity contribution in [3.8, 4) is 11.3 Å². The first-order chi connectivity index (χ1) is 10.6. The summed E-state index contributed by atoms with van der Waals surface area (Å²) in [7, 11) is 0. The molecule has 0 radical (unpaired) electrons. The summed E-state index contributed by atoms with van der Waals surface area (Å²) >= 11 is 0. The Bertz CT molecular complexity index is 772. The number of hydrogen-bond acceptors (Lipinski definition) is 2. The number of pyridine rings is 1. The van der Waals surface area contributed by atoms with Gasteiger partial charge in [-0.3, -0.25) is 4.79 Å². The van der Waals surface area contributed by atoms with E-state index in [4.69, 9.17) is 0 Å². The van der Waals surface area contributed by atoms with Gasteiger partial charge >= 0.3 is 0 Å². The van der Waals surface area contributed by atoms with Crippen LogP contribution in [-0.2, 0) is 4.79 Å². The molecular weight excluding hydrogens is 274 g/mol. The van der Waals surface area contributed by atoms with Crippen molar-refractivity contribution in [3.05, 3.63) is 54.9 Å². The molecule has 3 aromatic rings. The molecule has 0 saturated carbocycles. The van der Waals surface area contributed by atoms with Crippen LogP contribution in [0.15, 0.2) is 54.9 Å². The van der Waals surface area contributed by atoms with Gasteiger partial charge in [0.25, 0.3) is 0 Å². The predicted molar refractivity (Wildman–Crippen MR) is 88.7 cm³/mol. The zero-order valence-corrected chi connectivity index (χ0v) is 12.8. The van der Waals surface area contributed by atoms with Crippen molar-refractivity contribution in [1.29, 1.82) is 0 Å². The van der Waals surface area contributed by atoms with Gasteiger partial charge in [-0.05, 0) is 30.2 Å².